The van der Waals surface area contributed by atoms with Gasteiger partial charge in [-0.15, -0.1) is 11.6 Å². The molecule has 0 bridgehead atoms. The summed E-state index contributed by atoms with van der Waals surface area (Å²) < 4.78 is 14.6. The molecule has 8 N–H and O–H groups in total. The first-order valence-corrected chi connectivity index (χ1v) is 11.0. The van der Waals surface area contributed by atoms with Crippen LogP contribution in [0.1, 0.15) is 28.8 Å². The van der Waals surface area contributed by atoms with Gasteiger partial charge in [-0.2, -0.15) is 0 Å². The van der Waals surface area contributed by atoms with Crippen LogP contribution in [0.3, 0.4) is 0 Å². The molecule has 0 spiro atoms. The van der Waals surface area contributed by atoms with Gasteiger partial charge in [0.15, 0.2) is 11.6 Å². The maximum Gasteiger partial charge on any atom is 0.255 e. The normalized spacial score (nSPS) is 26.7. The van der Waals surface area contributed by atoms with Crippen molar-refractivity contribution in [3.8, 4) is 5.75 Å². The Kier molecular flexibility index (Phi) is 5.83. The molecule has 11 heteroatoms. The largest absolute Gasteiger partial charge is 0.511 e. The van der Waals surface area contributed by atoms with E-state index in [0.717, 1.165) is 6.07 Å². The maximum absolute atomic E-state index is 14.6. The van der Waals surface area contributed by atoms with E-state index >= 15 is 0 Å². The van der Waals surface area contributed by atoms with E-state index < -0.39 is 69.9 Å². The average Bonchev–Trinajstić information content (AvgIpc) is 2.73. The van der Waals surface area contributed by atoms with Gasteiger partial charge in [0, 0.05) is 23.1 Å². The summed E-state index contributed by atoms with van der Waals surface area (Å²) in [5.74, 6) is -7.75. The number of aliphatic hydroxyl groups is 2. The van der Waals surface area contributed by atoms with Crippen LogP contribution in [0.15, 0.2) is 28.7 Å². The van der Waals surface area contributed by atoms with Crippen molar-refractivity contribution in [3.05, 3.63) is 45.7 Å². The van der Waals surface area contributed by atoms with E-state index in [-0.39, 0.29) is 35.2 Å². The van der Waals surface area contributed by atoms with Gasteiger partial charge >= 0.3 is 0 Å². The molecule has 0 fully saturated rings. The molecule has 33 heavy (non-hydrogen) atoms. The monoisotopic (exact) mass is 479 g/mol. The Morgan fingerprint density at radius 3 is 2.58 bits per heavy atom. The number of phenolic OH excluding ortho intramolecular Hbond substituents is 1. The number of ketones is 2. The molecule has 3 aliphatic rings. The summed E-state index contributed by atoms with van der Waals surface area (Å²) in [7, 11) is 0. The Morgan fingerprint density at radius 1 is 1.24 bits per heavy atom. The number of Topliss-reactive ketones (excluding diaryl/α,β-unsaturated/α-hetero) is 2. The van der Waals surface area contributed by atoms with Gasteiger partial charge in [0.25, 0.3) is 5.91 Å². The molecule has 1 amide bonds. The minimum Gasteiger partial charge on any atom is -0.511 e. The second kappa shape index (κ2) is 8.35. The number of carbonyl (C=O) groups is 3. The predicted octanol–water partition coefficient (Wildman–Crippen LogP) is 1.38. The van der Waals surface area contributed by atoms with Gasteiger partial charge < -0.3 is 32.1 Å². The second-order valence-corrected chi connectivity index (χ2v) is 8.90. The minimum atomic E-state index is -1.32. The number of benzene rings is 1. The van der Waals surface area contributed by atoms with Crippen LogP contribution in [-0.4, -0.2) is 51.3 Å². The molecule has 4 rings (SSSR count). The Bertz CT molecular complexity index is 1150. The lowest BCUT2D eigenvalue weighted by Gasteiger charge is -2.44. The first kappa shape index (κ1) is 23.1. The molecular formula is C22H23ClFN3O6. The van der Waals surface area contributed by atoms with E-state index in [1.807, 2.05) is 0 Å². The van der Waals surface area contributed by atoms with Crippen molar-refractivity contribution in [3.63, 3.8) is 0 Å². The van der Waals surface area contributed by atoms with Crippen molar-refractivity contribution in [2.45, 2.75) is 25.3 Å². The number of allylic oxidation sites excluding steroid dienone is 2. The van der Waals surface area contributed by atoms with Gasteiger partial charge in [0.1, 0.15) is 28.7 Å². The van der Waals surface area contributed by atoms with Gasteiger partial charge in [0.05, 0.1) is 23.2 Å². The van der Waals surface area contributed by atoms with E-state index in [1.54, 1.807) is 0 Å². The van der Waals surface area contributed by atoms with Gasteiger partial charge in [-0.3, -0.25) is 14.4 Å². The number of nitrogens with one attached hydrogen (secondary N) is 1. The zero-order valence-corrected chi connectivity index (χ0v) is 18.2. The highest BCUT2D eigenvalue weighted by Crippen LogP contribution is 2.50. The zero-order chi connectivity index (χ0) is 24.2. The standard InChI is InChI=1S/C22H23ClFN3O6/c23-2-1-3-27-16-9-5-7-4-8-10(24)6-11(25)17(28)13(8)18(29)12(7)19(30)14(9)20(31)15(21(16)32)22(26)33/h6-7,9,14,16,27-28,30,32H,1-5,25H2,(H2,26,33)/t7-,9+,14+,16-/m0/s1. The fraction of sp³-hybridized carbons (Fsp3) is 0.409. The number of nitrogen functional groups attached to an aromatic ring is 1. The van der Waals surface area contributed by atoms with E-state index in [9.17, 15) is 34.1 Å². The van der Waals surface area contributed by atoms with E-state index in [1.165, 1.54) is 0 Å². The first-order valence-electron chi connectivity index (χ1n) is 10.4. The molecule has 0 aliphatic heterocycles. The van der Waals surface area contributed by atoms with Crippen molar-refractivity contribution in [2.75, 3.05) is 18.2 Å². The van der Waals surface area contributed by atoms with Crippen molar-refractivity contribution in [1.29, 1.82) is 0 Å². The number of anilines is 1. The third kappa shape index (κ3) is 3.44. The highest BCUT2D eigenvalue weighted by Gasteiger charge is 2.54. The second-order valence-electron chi connectivity index (χ2n) is 8.52. The van der Waals surface area contributed by atoms with Crippen LogP contribution in [0.2, 0.25) is 0 Å². The van der Waals surface area contributed by atoms with Crippen LogP contribution in [0.5, 0.6) is 5.75 Å². The van der Waals surface area contributed by atoms with Crippen molar-refractivity contribution >= 4 is 34.8 Å². The predicted molar refractivity (Wildman–Crippen MR) is 116 cm³/mol. The number of amides is 1. The molecule has 9 nitrogen and oxygen atoms in total. The first-order chi connectivity index (χ1) is 15.6. The highest BCUT2D eigenvalue weighted by molar-refractivity contribution is 6.22. The average molecular weight is 480 g/mol. The molecule has 0 radical (unpaired) electrons. The number of halogens is 2. The summed E-state index contributed by atoms with van der Waals surface area (Å²) in [5.41, 5.74) is 9.44. The lowest BCUT2D eigenvalue weighted by atomic mass is 9.61. The minimum absolute atomic E-state index is 0.0287. The number of hydrogen-bond donors (Lipinski definition) is 6. The van der Waals surface area contributed by atoms with Crippen LogP contribution < -0.4 is 16.8 Å². The molecule has 0 unspecified atom stereocenters. The summed E-state index contributed by atoms with van der Waals surface area (Å²) in [4.78, 5) is 38.3. The highest BCUT2D eigenvalue weighted by atomic mass is 35.5. The Morgan fingerprint density at radius 2 is 1.94 bits per heavy atom. The van der Waals surface area contributed by atoms with Gasteiger partial charge in [0.2, 0.25) is 0 Å². The number of hydrogen-bond acceptors (Lipinski definition) is 8. The number of aliphatic hydroxyl groups excluding tert-OH is 2. The number of carbonyl (C=O) groups excluding carboxylic acids is 3. The van der Waals surface area contributed by atoms with Crippen LogP contribution in [0.25, 0.3) is 0 Å². The maximum atomic E-state index is 14.6. The Hall–Kier alpha value is -3.11. The summed E-state index contributed by atoms with van der Waals surface area (Å²) in [6.45, 7) is 0.340. The van der Waals surface area contributed by atoms with Crippen LogP contribution in [0, 0.1) is 23.6 Å². The summed E-state index contributed by atoms with van der Waals surface area (Å²) in [6, 6.07) is 0.0130. The van der Waals surface area contributed by atoms with Crippen LogP contribution in [-0.2, 0) is 16.0 Å². The van der Waals surface area contributed by atoms with Crippen LogP contribution >= 0.6 is 11.6 Å². The van der Waals surface area contributed by atoms with Gasteiger partial charge in [-0.1, -0.05) is 0 Å². The smallest absolute Gasteiger partial charge is 0.255 e. The Balaban J connectivity index is 1.85. The van der Waals surface area contributed by atoms with E-state index in [4.69, 9.17) is 23.1 Å². The SMILES string of the molecule is NC(=O)C1=C(O)[C@@H](NCCCCl)[C@@H]2C[C@@H]3Cc4c(F)cc(N)c(O)c4C(=O)C3=C(O)[C@@H]2C1=O. The molecule has 4 atom stereocenters. The molecule has 3 aliphatic carbocycles. The number of nitrogens with two attached hydrogens (primary N) is 2. The van der Waals surface area contributed by atoms with Crippen molar-refractivity contribution in [1.82, 2.24) is 5.32 Å². The number of primary amides is 1. The van der Waals surface area contributed by atoms with Crippen molar-refractivity contribution < 1.29 is 34.1 Å². The fourth-order valence-corrected chi connectivity index (χ4v) is 5.41. The Labute approximate surface area is 192 Å². The van der Waals surface area contributed by atoms with Gasteiger partial charge in [-0.05, 0) is 37.6 Å². The number of aromatic hydroxyl groups is 1. The van der Waals surface area contributed by atoms with Crippen LogP contribution in [0.4, 0.5) is 10.1 Å². The molecular weight excluding hydrogens is 457 g/mol. The fourth-order valence-electron chi connectivity index (χ4n) is 5.28. The molecule has 0 heterocycles. The lowest BCUT2D eigenvalue weighted by Crippen LogP contribution is -2.53. The third-order valence-corrected chi connectivity index (χ3v) is 6.96. The topological polar surface area (TPSA) is 176 Å². The number of phenols is 1. The molecule has 0 aromatic heterocycles. The third-order valence-electron chi connectivity index (χ3n) is 6.70. The molecule has 1 aromatic rings. The number of rotatable bonds is 5. The molecule has 1 aromatic carbocycles. The summed E-state index contributed by atoms with van der Waals surface area (Å²) in [6.07, 6.45) is 0.621. The number of alkyl halides is 1. The number of fused-ring (bicyclic) bond motifs is 3. The lowest BCUT2D eigenvalue weighted by molar-refractivity contribution is -0.126. The summed E-state index contributed by atoms with van der Waals surface area (Å²) >= 11 is 5.72. The van der Waals surface area contributed by atoms with E-state index in [0.29, 0.717) is 18.8 Å². The van der Waals surface area contributed by atoms with Crippen molar-refractivity contribution in [2.24, 2.45) is 23.5 Å². The zero-order valence-electron chi connectivity index (χ0n) is 17.4. The molecule has 0 saturated heterocycles. The quantitative estimate of drug-likeness (QED) is 0.121. The molecule has 176 valence electrons. The van der Waals surface area contributed by atoms with E-state index in [2.05, 4.69) is 5.32 Å². The van der Waals surface area contributed by atoms with Gasteiger partial charge in [-0.25, -0.2) is 4.39 Å². The molecule has 0 saturated carbocycles. The summed E-state index contributed by atoms with van der Waals surface area (Å²) in [5, 5.41) is 35.2.